The van der Waals surface area contributed by atoms with Gasteiger partial charge in [-0.1, -0.05) is 0 Å². The van der Waals surface area contributed by atoms with Crippen molar-refractivity contribution in [1.29, 1.82) is 0 Å². The average Bonchev–Trinajstić information content (AvgIpc) is 2.57. The SMILES string of the molecule is COc1ccc(NC(N)=NCCCOc2ccc(F)cc2)cc1.I. The van der Waals surface area contributed by atoms with Crippen LogP contribution in [0.1, 0.15) is 6.42 Å². The molecule has 2 rings (SSSR count). The van der Waals surface area contributed by atoms with Crippen LogP contribution < -0.4 is 20.5 Å². The van der Waals surface area contributed by atoms with Crippen molar-refractivity contribution in [3.8, 4) is 11.5 Å². The maximum Gasteiger partial charge on any atom is 0.193 e. The molecule has 0 saturated carbocycles. The zero-order valence-electron chi connectivity index (χ0n) is 13.4. The van der Waals surface area contributed by atoms with Crippen LogP contribution in [0.25, 0.3) is 0 Å². The topological polar surface area (TPSA) is 68.9 Å². The predicted molar refractivity (Wildman–Crippen MR) is 105 cm³/mol. The number of nitrogens with two attached hydrogens (primary N) is 1. The van der Waals surface area contributed by atoms with E-state index in [0.717, 1.165) is 11.4 Å². The smallest absolute Gasteiger partial charge is 0.193 e. The Labute approximate surface area is 158 Å². The number of nitrogens with zero attached hydrogens (tertiary/aromatic N) is 1. The molecule has 3 N–H and O–H groups in total. The number of aliphatic imine (C=N–C) groups is 1. The van der Waals surface area contributed by atoms with Crippen LogP contribution in [0.4, 0.5) is 10.1 Å². The quantitative estimate of drug-likeness (QED) is 0.296. The molecular weight excluding hydrogens is 424 g/mol. The average molecular weight is 445 g/mol. The first-order valence-electron chi connectivity index (χ1n) is 7.27. The van der Waals surface area contributed by atoms with Gasteiger partial charge in [0.2, 0.25) is 0 Å². The summed E-state index contributed by atoms with van der Waals surface area (Å²) < 4.78 is 23.3. The molecule has 7 heteroatoms. The predicted octanol–water partition coefficient (Wildman–Crippen LogP) is 3.65. The summed E-state index contributed by atoms with van der Waals surface area (Å²) in [6.07, 6.45) is 0.711. The number of rotatable bonds is 7. The third kappa shape index (κ3) is 7.03. The second-order valence-corrected chi connectivity index (χ2v) is 4.78. The minimum Gasteiger partial charge on any atom is -0.497 e. The highest BCUT2D eigenvalue weighted by molar-refractivity contribution is 14.0. The third-order valence-corrected chi connectivity index (χ3v) is 3.03. The summed E-state index contributed by atoms with van der Waals surface area (Å²) in [6.45, 7) is 1.03. The van der Waals surface area contributed by atoms with E-state index in [9.17, 15) is 4.39 Å². The molecule has 0 spiro atoms. The number of hydrogen-bond donors (Lipinski definition) is 2. The zero-order chi connectivity index (χ0) is 16.5. The monoisotopic (exact) mass is 445 g/mol. The molecule has 0 fully saturated rings. The highest BCUT2D eigenvalue weighted by Gasteiger charge is 1.97. The molecule has 24 heavy (non-hydrogen) atoms. The number of guanidine groups is 1. The minimum absolute atomic E-state index is 0. The van der Waals surface area contributed by atoms with E-state index < -0.39 is 0 Å². The summed E-state index contributed by atoms with van der Waals surface area (Å²) in [5.41, 5.74) is 6.65. The van der Waals surface area contributed by atoms with Gasteiger partial charge in [0.25, 0.3) is 0 Å². The van der Waals surface area contributed by atoms with Gasteiger partial charge in [-0.15, -0.1) is 24.0 Å². The summed E-state index contributed by atoms with van der Waals surface area (Å²) in [7, 11) is 1.62. The summed E-state index contributed by atoms with van der Waals surface area (Å²) in [5.74, 6) is 1.49. The van der Waals surface area contributed by atoms with Crippen LogP contribution >= 0.6 is 24.0 Å². The van der Waals surface area contributed by atoms with Crippen LogP contribution in [0.3, 0.4) is 0 Å². The van der Waals surface area contributed by atoms with Gasteiger partial charge in [-0.2, -0.15) is 0 Å². The maximum absolute atomic E-state index is 12.7. The van der Waals surface area contributed by atoms with Crippen molar-refractivity contribution >= 4 is 35.6 Å². The Hall–Kier alpha value is -2.03. The van der Waals surface area contributed by atoms with Crippen molar-refractivity contribution in [2.45, 2.75) is 6.42 Å². The largest absolute Gasteiger partial charge is 0.497 e. The molecule has 0 unspecified atom stereocenters. The Morgan fingerprint density at radius 1 is 1.08 bits per heavy atom. The summed E-state index contributed by atoms with van der Waals surface area (Å²) in [6, 6.07) is 13.3. The highest BCUT2D eigenvalue weighted by atomic mass is 127. The lowest BCUT2D eigenvalue weighted by Crippen LogP contribution is -2.23. The van der Waals surface area contributed by atoms with E-state index in [1.807, 2.05) is 24.3 Å². The van der Waals surface area contributed by atoms with E-state index in [0.29, 0.717) is 31.3 Å². The van der Waals surface area contributed by atoms with E-state index in [-0.39, 0.29) is 29.8 Å². The Morgan fingerprint density at radius 3 is 2.33 bits per heavy atom. The van der Waals surface area contributed by atoms with Crippen LogP contribution in [-0.2, 0) is 0 Å². The van der Waals surface area contributed by atoms with Crippen LogP contribution in [0.2, 0.25) is 0 Å². The first kappa shape index (κ1) is 20.0. The van der Waals surface area contributed by atoms with Crippen molar-refractivity contribution < 1.29 is 13.9 Å². The normalized spacial score (nSPS) is 10.7. The summed E-state index contributed by atoms with van der Waals surface area (Å²) in [4.78, 5) is 4.22. The van der Waals surface area contributed by atoms with E-state index in [2.05, 4.69) is 10.3 Å². The van der Waals surface area contributed by atoms with E-state index in [4.69, 9.17) is 15.2 Å². The molecule has 0 bridgehead atoms. The molecular formula is C17H21FIN3O2. The fourth-order valence-corrected chi connectivity index (χ4v) is 1.85. The molecule has 0 saturated heterocycles. The van der Waals surface area contributed by atoms with Crippen molar-refractivity contribution in [3.63, 3.8) is 0 Å². The van der Waals surface area contributed by atoms with Gasteiger partial charge < -0.3 is 20.5 Å². The number of ether oxygens (including phenoxy) is 2. The van der Waals surface area contributed by atoms with Gasteiger partial charge in [0.05, 0.1) is 13.7 Å². The van der Waals surface area contributed by atoms with Crippen LogP contribution in [0.15, 0.2) is 53.5 Å². The molecule has 0 aliphatic heterocycles. The Bertz CT molecular complexity index is 633. The molecule has 0 aliphatic carbocycles. The summed E-state index contributed by atoms with van der Waals surface area (Å²) >= 11 is 0. The Balaban J connectivity index is 0.00000288. The second-order valence-electron chi connectivity index (χ2n) is 4.78. The van der Waals surface area contributed by atoms with Crippen LogP contribution in [0.5, 0.6) is 11.5 Å². The van der Waals surface area contributed by atoms with Gasteiger partial charge in [0.15, 0.2) is 5.96 Å². The molecule has 2 aromatic carbocycles. The Kier molecular flexibility index (Phi) is 8.92. The molecule has 0 amide bonds. The van der Waals surface area contributed by atoms with Crippen LogP contribution in [-0.4, -0.2) is 26.2 Å². The zero-order valence-corrected chi connectivity index (χ0v) is 15.7. The number of benzene rings is 2. The second kappa shape index (κ2) is 10.7. The third-order valence-electron chi connectivity index (χ3n) is 3.03. The summed E-state index contributed by atoms with van der Waals surface area (Å²) in [5, 5.41) is 3.00. The number of methoxy groups -OCH3 is 1. The first-order chi connectivity index (χ1) is 11.2. The lowest BCUT2D eigenvalue weighted by molar-refractivity contribution is 0.313. The number of nitrogens with one attached hydrogen (secondary N) is 1. The number of halogens is 2. The number of hydrogen-bond acceptors (Lipinski definition) is 3. The lowest BCUT2D eigenvalue weighted by atomic mass is 10.3. The molecule has 0 atom stereocenters. The fraction of sp³-hybridized carbons (Fsp3) is 0.235. The van der Waals surface area contributed by atoms with Crippen molar-refractivity contribution in [2.75, 3.05) is 25.6 Å². The lowest BCUT2D eigenvalue weighted by Gasteiger charge is -2.07. The minimum atomic E-state index is -0.278. The van der Waals surface area contributed by atoms with Crippen molar-refractivity contribution in [1.82, 2.24) is 0 Å². The van der Waals surface area contributed by atoms with Crippen LogP contribution in [0, 0.1) is 5.82 Å². The molecule has 0 aliphatic rings. The molecule has 130 valence electrons. The van der Waals surface area contributed by atoms with Gasteiger partial charge >= 0.3 is 0 Å². The number of anilines is 1. The molecule has 0 heterocycles. The van der Waals surface area contributed by atoms with E-state index in [1.54, 1.807) is 19.2 Å². The Morgan fingerprint density at radius 2 is 1.71 bits per heavy atom. The fourth-order valence-electron chi connectivity index (χ4n) is 1.85. The highest BCUT2D eigenvalue weighted by Crippen LogP contribution is 2.14. The standard InChI is InChI=1S/C17H20FN3O2.HI/c1-22-15-9-5-14(6-10-15)21-17(19)20-11-2-12-23-16-7-3-13(18)4-8-16;/h3-10H,2,11-12H2,1H3,(H3,19,20,21);1H. The van der Waals surface area contributed by atoms with Gasteiger partial charge in [-0.05, 0) is 48.5 Å². The van der Waals surface area contributed by atoms with Gasteiger partial charge in [-0.25, -0.2) is 4.39 Å². The molecule has 0 radical (unpaired) electrons. The van der Waals surface area contributed by atoms with Gasteiger partial charge in [0.1, 0.15) is 17.3 Å². The van der Waals surface area contributed by atoms with Crippen molar-refractivity contribution in [2.24, 2.45) is 10.7 Å². The van der Waals surface area contributed by atoms with Gasteiger partial charge in [-0.3, -0.25) is 4.99 Å². The van der Waals surface area contributed by atoms with E-state index >= 15 is 0 Å². The molecule has 0 aromatic heterocycles. The first-order valence-corrected chi connectivity index (χ1v) is 7.27. The van der Waals surface area contributed by atoms with E-state index in [1.165, 1.54) is 12.1 Å². The van der Waals surface area contributed by atoms with Crippen molar-refractivity contribution in [3.05, 3.63) is 54.3 Å². The maximum atomic E-state index is 12.7. The molecule has 5 nitrogen and oxygen atoms in total. The van der Waals surface area contributed by atoms with Gasteiger partial charge in [0, 0.05) is 18.7 Å². The molecule has 2 aromatic rings.